The lowest BCUT2D eigenvalue weighted by molar-refractivity contribution is 0.102. The minimum Gasteiger partial charge on any atom is -0.389 e. The number of aliphatic hydroxyl groups is 1. The van der Waals surface area contributed by atoms with Crippen LogP contribution in [-0.2, 0) is 10.0 Å². The Kier molecular flexibility index (Phi) is 6.11. The number of anilines is 1. The first-order valence-electron chi connectivity index (χ1n) is 8.08. The molecule has 2 unspecified atom stereocenters. The molecule has 1 heterocycles. The second-order valence-corrected chi connectivity index (χ2v) is 9.01. The number of halogens is 5. The SMILES string of the molecule is O=C(Nc1cc(F)c(F)c(Cl)c1)c1cc(S(=O)(=O)N2CC(O)C(F)C2)ccc1Cl. The van der Waals surface area contributed by atoms with Crippen LogP contribution in [0.3, 0.4) is 0 Å². The maximum atomic E-state index is 13.5. The summed E-state index contributed by atoms with van der Waals surface area (Å²) in [6, 6.07) is 4.91. The fraction of sp³-hybridized carbons (Fsp3) is 0.235. The van der Waals surface area contributed by atoms with Crippen molar-refractivity contribution in [1.82, 2.24) is 4.31 Å². The maximum absolute atomic E-state index is 13.5. The van der Waals surface area contributed by atoms with Gasteiger partial charge in [-0.25, -0.2) is 21.6 Å². The van der Waals surface area contributed by atoms with Gasteiger partial charge in [0.15, 0.2) is 11.6 Å². The van der Waals surface area contributed by atoms with Crippen molar-refractivity contribution in [3.63, 3.8) is 0 Å². The molecule has 3 rings (SSSR count). The van der Waals surface area contributed by atoms with E-state index in [0.717, 1.165) is 28.6 Å². The molecular weight excluding hydrogens is 456 g/mol. The van der Waals surface area contributed by atoms with Crippen molar-refractivity contribution in [2.75, 3.05) is 18.4 Å². The first-order chi connectivity index (χ1) is 13.5. The van der Waals surface area contributed by atoms with Crippen molar-refractivity contribution < 1.29 is 31.5 Å². The zero-order valence-corrected chi connectivity index (χ0v) is 16.7. The van der Waals surface area contributed by atoms with Crippen molar-refractivity contribution in [3.05, 3.63) is 57.6 Å². The van der Waals surface area contributed by atoms with Crippen molar-refractivity contribution in [2.24, 2.45) is 0 Å². The molecule has 0 radical (unpaired) electrons. The molecule has 0 spiro atoms. The van der Waals surface area contributed by atoms with Crippen molar-refractivity contribution >= 4 is 44.8 Å². The second-order valence-electron chi connectivity index (χ2n) is 6.26. The van der Waals surface area contributed by atoms with Gasteiger partial charge in [0.1, 0.15) is 12.3 Å². The van der Waals surface area contributed by atoms with Gasteiger partial charge in [0.25, 0.3) is 5.91 Å². The number of sulfonamides is 1. The van der Waals surface area contributed by atoms with Gasteiger partial charge in [-0.1, -0.05) is 23.2 Å². The highest BCUT2D eigenvalue weighted by molar-refractivity contribution is 7.89. The molecule has 0 bridgehead atoms. The minimum absolute atomic E-state index is 0.111. The molecule has 2 aromatic rings. The van der Waals surface area contributed by atoms with Gasteiger partial charge in [-0.2, -0.15) is 4.31 Å². The number of nitrogens with one attached hydrogen (secondary N) is 1. The smallest absolute Gasteiger partial charge is 0.257 e. The molecule has 1 fully saturated rings. The number of hydrogen-bond acceptors (Lipinski definition) is 4. The Bertz CT molecular complexity index is 1050. The highest BCUT2D eigenvalue weighted by Crippen LogP contribution is 2.28. The van der Waals surface area contributed by atoms with Gasteiger partial charge in [-0.15, -0.1) is 0 Å². The van der Waals surface area contributed by atoms with E-state index in [1.807, 2.05) is 0 Å². The van der Waals surface area contributed by atoms with Gasteiger partial charge in [0.2, 0.25) is 10.0 Å². The number of aliphatic hydroxyl groups excluding tert-OH is 1. The Morgan fingerprint density at radius 1 is 1.14 bits per heavy atom. The summed E-state index contributed by atoms with van der Waals surface area (Å²) in [5.74, 6) is -3.47. The molecule has 0 saturated carbocycles. The summed E-state index contributed by atoms with van der Waals surface area (Å²) in [5.41, 5.74) is -0.448. The van der Waals surface area contributed by atoms with E-state index in [4.69, 9.17) is 23.2 Å². The lowest BCUT2D eigenvalue weighted by atomic mass is 10.2. The number of amides is 1. The molecule has 0 aromatic heterocycles. The summed E-state index contributed by atoms with van der Waals surface area (Å²) in [5, 5.41) is 11.0. The number of β-amino-alcohol motifs (C(OH)–C–C–N with tert-alkyl or cyclic N) is 1. The van der Waals surface area contributed by atoms with Crippen LogP contribution >= 0.6 is 23.2 Å². The van der Waals surface area contributed by atoms with Crippen LogP contribution in [0.4, 0.5) is 18.9 Å². The summed E-state index contributed by atoms with van der Waals surface area (Å²) >= 11 is 11.5. The number of benzene rings is 2. The van der Waals surface area contributed by atoms with Crippen molar-refractivity contribution in [1.29, 1.82) is 0 Å². The van der Waals surface area contributed by atoms with E-state index in [0.29, 0.717) is 6.07 Å². The minimum atomic E-state index is -4.21. The number of alkyl halides is 1. The third kappa shape index (κ3) is 4.36. The van der Waals surface area contributed by atoms with Crippen LogP contribution in [0, 0.1) is 11.6 Å². The standard InChI is InChI=1S/C17H13Cl2F3N2O4S/c18-11-2-1-9(29(27,28)24-6-14(21)15(25)7-24)5-10(11)17(26)23-8-3-12(19)16(22)13(20)4-8/h1-5,14-15,25H,6-7H2,(H,23,26). The van der Waals surface area contributed by atoms with Gasteiger partial charge in [0.05, 0.1) is 20.5 Å². The van der Waals surface area contributed by atoms with E-state index >= 15 is 0 Å². The number of nitrogens with zero attached hydrogens (tertiary/aromatic N) is 1. The molecule has 1 amide bonds. The molecule has 2 N–H and O–H groups in total. The van der Waals surface area contributed by atoms with Crippen LogP contribution in [0.1, 0.15) is 10.4 Å². The first-order valence-corrected chi connectivity index (χ1v) is 10.3. The Balaban J connectivity index is 1.90. The molecule has 1 saturated heterocycles. The van der Waals surface area contributed by atoms with Crippen LogP contribution in [0.15, 0.2) is 35.2 Å². The average Bonchev–Trinajstić information content (AvgIpc) is 2.99. The predicted octanol–water partition coefficient (Wildman–Crippen LogP) is 3.23. The van der Waals surface area contributed by atoms with Gasteiger partial charge >= 0.3 is 0 Å². The van der Waals surface area contributed by atoms with E-state index in [-0.39, 0.29) is 21.2 Å². The summed E-state index contributed by atoms with van der Waals surface area (Å²) in [6.07, 6.45) is -3.17. The van der Waals surface area contributed by atoms with Gasteiger partial charge in [-0.3, -0.25) is 4.79 Å². The quantitative estimate of drug-likeness (QED) is 0.674. The maximum Gasteiger partial charge on any atom is 0.257 e. The molecule has 1 aliphatic heterocycles. The van der Waals surface area contributed by atoms with Crippen LogP contribution in [-0.4, -0.2) is 49.1 Å². The predicted molar refractivity (Wildman–Crippen MR) is 100 cm³/mol. The highest BCUT2D eigenvalue weighted by Gasteiger charge is 2.39. The first kappa shape index (κ1) is 21.8. The summed E-state index contributed by atoms with van der Waals surface area (Å²) in [4.78, 5) is 12.1. The number of rotatable bonds is 4. The normalized spacial score (nSPS) is 20.1. The largest absolute Gasteiger partial charge is 0.389 e. The summed E-state index contributed by atoms with van der Waals surface area (Å²) in [7, 11) is -4.21. The molecule has 12 heteroatoms. The lowest BCUT2D eigenvalue weighted by Crippen LogP contribution is -2.30. The number of carbonyl (C=O) groups is 1. The molecule has 29 heavy (non-hydrogen) atoms. The van der Waals surface area contributed by atoms with E-state index in [1.165, 1.54) is 0 Å². The van der Waals surface area contributed by atoms with Crippen LogP contribution in [0.2, 0.25) is 10.0 Å². The van der Waals surface area contributed by atoms with Gasteiger partial charge in [0, 0.05) is 24.8 Å². The van der Waals surface area contributed by atoms with Gasteiger partial charge in [-0.05, 0) is 24.3 Å². The molecule has 0 aliphatic carbocycles. The van der Waals surface area contributed by atoms with Gasteiger partial charge < -0.3 is 10.4 Å². The zero-order valence-electron chi connectivity index (χ0n) is 14.4. The van der Waals surface area contributed by atoms with Crippen LogP contribution in [0.25, 0.3) is 0 Å². The Morgan fingerprint density at radius 2 is 1.83 bits per heavy atom. The Morgan fingerprint density at radius 3 is 2.41 bits per heavy atom. The number of hydrogen-bond donors (Lipinski definition) is 2. The van der Waals surface area contributed by atoms with E-state index in [1.54, 1.807) is 0 Å². The number of carbonyl (C=O) groups excluding carboxylic acids is 1. The van der Waals surface area contributed by atoms with Crippen LogP contribution < -0.4 is 5.32 Å². The topological polar surface area (TPSA) is 86.7 Å². The molecule has 1 aliphatic rings. The third-order valence-corrected chi connectivity index (χ3v) is 6.68. The molecule has 2 atom stereocenters. The van der Waals surface area contributed by atoms with E-state index in [9.17, 15) is 31.5 Å². The molecular formula is C17H13Cl2F3N2O4S. The fourth-order valence-electron chi connectivity index (χ4n) is 2.72. The monoisotopic (exact) mass is 468 g/mol. The van der Waals surface area contributed by atoms with Crippen molar-refractivity contribution in [3.8, 4) is 0 Å². The lowest BCUT2D eigenvalue weighted by Gasteiger charge is -2.16. The van der Waals surface area contributed by atoms with E-state index < -0.39 is 58.0 Å². The zero-order chi connectivity index (χ0) is 21.5. The summed E-state index contributed by atoms with van der Waals surface area (Å²) in [6.45, 7) is -0.956. The molecule has 156 valence electrons. The third-order valence-electron chi connectivity index (χ3n) is 4.25. The fourth-order valence-corrected chi connectivity index (χ4v) is 4.63. The highest BCUT2D eigenvalue weighted by atomic mass is 35.5. The molecule has 2 aromatic carbocycles. The van der Waals surface area contributed by atoms with Crippen molar-refractivity contribution in [2.45, 2.75) is 17.2 Å². The van der Waals surface area contributed by atoms with E-state index in [2.05, 4.69) is 5.32 Å². The Labute approximate surface area is 173 Å². The van der Waals surface area contributed by atoms with Crippen LogP contribution in [0.5, 0.6) is 0 Å². The Hall–Kier alpha value is -1.85. The average molecular weight is 469 g/mol. The molecule has 6 nitrogen and oxygen atoms in total. The second kappa shape index (κ2) is 8.11. The summed E-state index contributed by atoms with van der Waals surface area (Å²) < 4.78 is 66.3.